The van der Waals surface area contributed by atoms with E-state index in [4.69, 9.17) is 15.9 Å². The number of rotatable bonds is 6. The Morgan fingerprint density at radius 3 is 2.76 bits per heavy atom. The molecular formula is C29H26N2O2. The average molecular weight is 435 g/mol. The molecule has 33 heavy (non-hydrogen) atoms. The molecule has 3 atom stereocenters. The molecule has 0 fully saturated rings. The lowest BCUT2D eigenvalue weighted by Crippen LogP contribution is -2.28. The largest absolute Gasteiger partial charge is 0.493 e. The molecule has 3 aromatic carbocycles. The van der Waals surface area contributed by atoms with Gasteiger partial charge in [0.15, 0.2) is 11.5 Å². The van der Waals surface area contributed by atoms with Crippen molar-refractivity contribution in [1.82, 2.24) is 0 Å². The molecule has 0 radical (unpaired) electrons. The van der Waals surface area contributed by atoms with Gasteiger partial charge in [-0.05, 0) is 65.4 Å². The van der Waals surface area contributed by atoms with Gasteiger partial charge < -0.3 is 14.8 Å². The predicted molar refractivity (Wildman–Crippen MR) is 134 cm³/mol. The lowest BCUT2D eigenvalue weighted by Gasteiger charge is -2.37. The molecule has 1 heterocycles. The van der Waals surface area contributed by atoms with Crippen LogP contribution < -0.4 is 14.8 Å². The number of hydrogen-bond acceptors (Lipinski definition) is 4. The number of benzene rings is 3. The number of anilines is 1. The number of fused-ring (bicyclic) bond motifs is 3. The smallest absolute Gasteiger partial charge is 0.162 e. The Morgan fingerprint density at radius 1 is 1.09 bits per heavy atom. The summed E-state index contributed by atoms with van der Waals surface area (Å²) in [6.07, 6.45) is 12.9. The standard InChI is InChI=1S/C29H26N2O2/c1-3-17-33-27-16-11-20(18-28(27)32-2)19-30-22-14-12-21(13-15-22)29-25-9-6-8-23(25)24-7-4-5-10-26(24)31-29/h1,4-8,10-16,18-19,23,25,29,31H,9,17H2,2H3/t23-,25-,29-/m0/s1. The Balaban J connectivity index is 1.32. The quantitative estimate of drug-likeness (QED) is 0.282. The second kappa shape index (κ2) is 9.26. The van der Waals surface area contributed by atoms with Crippen LogP contribution in [0.15, 0.2) is 83.9 Å². The van der Waals surface area contributed by atoms with Crippen LogP contribution in [-0.2, 0) is 0 Å². The molecule has 2 aliphatic rings. The first-order valence-electron chi connectivity index (χ1n) is 11.2. The van der Waals surface area contributed by atoms with Gasteiger partial charge in [0, 0.05) is 17.8 Å². The van der Waals surface area contributed by atoms with Gasteiger partial charge in [-0.15, -0.1) is 6.42 Å². The van der Waals surface area contributed by atoms with Crippen LogP contribution in [0.3, 0.4) is 0 Å². The molecule has 0 aromatic heterocycles. The van der Waals surface area contributed by atoms with E-state index in [1.54, 1.807) is 7.11 Å². The van der Waals surface area contributed by atoms with Crippen molar-refractivity contribution in [3.05, 3.63) is 95.6 Å². The normalized spacial score (nSPS) is 20.5. The van der Waals surface area contributed by atoms with Crippen LogP contribution in [0.4, 0.5) is 11.4 Å². The number of allylic oxidation sites excluding steroid dienone is 2. The monoisotopic (exact) mass is 434 g/mol. The van der Waals surface area contributed by atoms with Crippen LogP contribution in [-0.4, -0.2) is 19.9 Å². The molecule has 3 aromatic rings. The predicted octanol–water partition coefficient (Wildman–Crippen LogP) is 6.28. The van der Waals surface area contributed by atoms with E-state index in [1.807, 2.05) is 24.4 Å². The van der Waals surface area contributed by atoms with Gasteiger partial charge >= 0.3 is 0 Å². The van der Waals surface area contributed by atoms with Crippen LogP contribution in [0.25, 0.3) is 0 Å². The fourth-order valence-electron chi connectivity index (χ4n) is 4.79. The van der Waals surface area contributed by atoms with Crippen LogP contribution >= 0.6 is 0 Å². The molecule has 0 bridgehead atoms. The lowest BCUT2D eigenvalue weighted by molar-refractivity contribution is 0.331. The summed E-state index contributed by atoms with van der Waals surface area (Å²) in [5, 5.41) is 3.78. The Kier molecular flexibility index (Phi) is 5.87. The zero-order chi connectivity index (χ0) is 22.6. The number of methoxy groups -OCH3 is 1. The molecule has 0 saturated heterocycles. The second-order valence-electron chi connectivity index (χ2n) is 8.32. The molecular weight excluding hydrogens is 408 g/mol. The van der Waals surface area contributed by atoms with E-state index in [0.29, 0.717) is 23.3 Å². The summed E-state index contributed by atoms with van der Waals surface area (Å²) in [5.41, 5.74) is 5.76. The molecule has 4 nitrogen and oxygen atoms in total. The van der Waals surface area contributed by atoms with Crippen molar-refractivity contribution in [3.8, 4) is 23.8 Å². The maximum Gasteiger partial charge on any atom is 0.162 e. The molecule has 164 valence electrons. The summed E-state index contributed by atoms with van der Waals surface area (Å²) in [7, 11) is 1.61. The summed E-state index contributed by atoms with van der Waals surface area (Å²) >= 11 is 0. The Labute approximate surface area is 195 Å². The fraction of sp³-hybridized carbons (Fsp3) is 0.207. The summed E-state index contributed by atoms with van der Waals surface area (Å²) in [6, 6.07) is 23.1. The highest BCUT2D eigenvalue weighted by Crippen LogP contribution is 2.49. The first-order valence-corrected chi connectivity index (χ1v) is 11.2. The first-order chi connectivity index (χ1) is 16.3. The summed E-state index contributed by atoms with van der Waals surface area (Å²) in [5.74, 6) is 4.74. The molecule has 0 amide bonds. The van der Waals surface area contributed by atoms with Crippen molar-refractivity contribution in [2.24, 2.45) is 10.9 Å². The molecule has 1 N–H and O–H groups in total. The third kappa shape index (κ3) is 4.23. The van der Waals surface area contributed by atoms with Crippen LogP contribution in [0.1, 0.15) is 35.1 Å². The van der Waals surface area contributed by atoms with E-state index < -0.39 is 0 Å². The van der Waals surface area contributed by atoms with Crippen molar-refractivity contribution < 1.29 is 9.47 Å². The zero-order valence-electron chi connectivity index (χ0n) is 18.6. The summed E-state index contributed by atoms with van der Waals surface area (Å²) in [4.78, 5) is 4.65. The minimum absolute atomic E-state index is 0.204. The van der Waals surface area contributed by atoms with E-state index in [2.05, 4.69) is 76.9 Å². The maximum atomic E-state index is 5.50. The van der Waals surface area contributed by atoms with Crippen molar-refractivity contribution in [3.63, 3.8) is 0 Å². The highest BCUT2D eigenvalue weighted by molar-refractivity contribution is 5.83. The van der Waals surface area contributed by atoms with Crippen LogP contribution in [0.5, 0.6) is 11.5 Å². The van der Waals surface area contributed by atoms with Gasteiger partial charge in [0.2, 0.25) is 0 Å². The van der Waals surface area contributed by atoms with Crippen molar-refractivity contribution in [1.29, 1.82) is 0 Å². The van der Waals surface area contributed by atoms with Gasteiger partial charge in [0.05, 0.1) is 18.8 Å². The second-order valence-corrected chi connectivity index (χ2v) is 8.32. The average Bonchev–Trinajstić information content (AvgIpc) is 3.37. The van der Waals surface area contributed by atoms with Gasteiger partial charge in [0.1, 0.15) is 6.61 Å². The topological polar surface area (TPSA) is 42.8 Å². The first kappa shape index (κ1) is 20.9. The minimum Gasteiger partial charge on any atom is -0.493 e. The SMILES string of the molecule is C#CCOc1ccc(C=Nc2ccc([C@@H]3Nc4ccccc4[C@@H]4C=CC[C@@H]43)cc2)cc1OC. The van der Waals surface area contributed by atoms with Crippen molar-refractivity contribution in [2.75, 3.05) is 19.0 Å². The van der Waals surface area contributed by atoms with Gasteiger partial charge in [-0.3, -0.25) is 4.99 Å². The molecule has 0 unspecified atom stereocenters. The number of terminal acetylenes is 1. The number of aliphatic imine (C=N–C) groups is 1. The molecule has 0 saturated carbocycles. The third-order valence-electron chi connectivity index (χ3n) is 6.39. The van der Waals surface area contributed by atoms with Gasteiger partial charge in [0.25, 0.3) is 0 Å². The van der Waals surface area contributed by atoms with E-state index in [1.165, 1.54) is 16.8 Å². The minimum atomic E-state index is 0.204. The lowest BCUT2D eigenvalue weighted by atomic mass is 9.77. The summed E-state index contributed by atoms with van der Waals surface area (Å²) in [6.45, 7) is 0.204. The fourth-order valence-corrected chi connectivity index (χ4v) is 4.79. The van der Waals surface area contributed by atoms with E-state index in [9.17, 15) is 0 Å². The maximum absolute atomic E-state index is 5.50. The van der Waals surface area contributed by atoms with Gasteiger partial charge in [-0.25, -0.2) is 0 Å². The Hall–Kier alpha value is -3.97. The molecule has 5 rings (SSSR count). The molecule has 4 heteroatoms. The number of hydrogen-bond donors (Lipinski definition) is 1. The summed E-state index contributed by atoms with van der Waals surface area (Å²) < 4.78 is 10.9. The van der Waals surface area contributed by atoms with E-state index in [-0.39, 0.29) is 12.6 Å². The number of nitrogens with zero attached hydrogens (tertiary/aromatic N) is 1. The number of nitrogens with one attached hydrogen (secondary N) is 1. The highest BCUT2D eigenvalue weighted by atomic mass is 16.5. The van der Waals surface area contributed by atoms with E-state index in [0.717, 1.165) is 17.7 Å². The van der Waals surface area contributed by atoms with Crippen LogP contribution in [0.2, 0.25) is 0 Å². The van der Waals surface area contributed by atoms with E-state index >= 15 is 0 Å². The Bertz CT molecular complexity index is 1240. The van der Waals surface area contributed by atoms with Crippen molar-refractivity contribution in [2.45, 2.75) is 18.4 Å². The van der Waals surface area contributed by atoms with Gasteiger partial charge in [-0.1, -0.05) is 48.4 Å². The molecule has 1 aliphatic heterocycles. The van der Waals surface area contributed by atoms with Crippen molar-refractivity contribution >= 4 is 17.6 Å². The number of ether oxygens (including phenoxy) is 2. The Morgan fingerprint density at radius 2 is 1.94 bits per heavy atom. The highest BCUT2D eigenvalue weighted by Gasteiger charge is 2.37. The zero-order valence-corrected chi connectivity index (χ0v) is 18.6. The third-order valence-corrected chi connectivity index (χ3v) is 6.39. The van der Waals surface area contributed by atoms with Gasteiger partial charge in [-0.2, -0.15) is 0 Å². The molecule has 1 aliphatic carbocycles. The van der Waals surface area contributed by atoms with Crippen LogP contribution in [0, 0.1) is 18.3 Å². The molecule has 0 spiro atoms. The number of para-hydroxylation sites is 1.